The van der Waals surface area contributed by atoms with Crippen LogP contribution < -0.4 is 10.6 Å². The molecule has 9 heteroatoms. The smallest absolute Gasteiger partial charge is 0.319 e. The van der Waals surface area contributed by atoms with Gasteiger partial charge in [0.25, 0.3) is 0 Å². The fourth-order valence-electron chi connectivity index (χ4n) is 1.48. The number of carbonyl (C=O) groups is 2. The molecule has 0 aliphatic heterocycles. The van der Waals surface area contributed by atoms with Gasteiger partial charge >= 0.3 is 12.0 Å². The molecule has 2 amide bonds. The molecule has 0 heterocycles. The van der Waals surface area contributed by atoms with Crippen LogP contribution in [0.4, 0.5) is 10.5 Å². The van der Waals surface area contributed by atoms with Gasteiger partial charge in [0, 0.05) is 20.0 Å². The van der Waals surface area contributed by atoms with E-state index in [4.69, 9.17) is 5.11 Å². The summed E-state index contributed by atoms with van der Waals surface area (Å²) in [5.41, 5.74) is -0.995. The van der Waals surface area contributed by atoms with Crippen LogP contribution in [0.5, 0.6) is 0 Å². The van der Waals surface area contributed by atoms with Crippen LogP contribution in [0.1, 0.15) is 13.3 Å². The zero-order valence-electron chi connectivity index (χ0n) is 10.9. The molecule has 0 aliphatic rings. The van der Waals surface area contributed by atoms with Crippen molar-refractivity contribution in [2.75, 3.05) is 11.9 Å². The number of anilines is 1. The van der Waals surface area contributed by atoms with Crippen molar-refractivity contribution in [3.63, 3.8) is 0 Å². The van der Waals surface area contributed by atoms with Gasteiger partial charge in [-0.3, -0.25) is 4.79 Å². The van der Waals surface area contributed by atoms with E-state index in [-0.39, 0.29) is 6.54 Å². The third-order valence-corrected chi connectivity index (χ3v) is 4.12. The van der Waals surface area contributed by atoms with E-state index >= 15 is 0 Å². The normalized spacial score (nSPS) is 13.4. The summed E-state index contributed by atoms with van der Waals surface area (Å²) in [5.74, 6) is -1.14. The van der Waals surface area contributed by atoms with Crippen LogP contribution in [0.25, 0.3) is 0 Å². The SMILES string of the molecule is CC(O)(CNC(=O)Nc1c(Br)cc(Br)cc1Br)CC(=O)O. The summed E-state index contributed by atoms with van der Waals surface area (Å²) in [6.07, 6.45) is -0.459. The number of hydrogen-bond donors (Lipinski definition) is 4. The van der Waals surface area contributed by atoms with E-state index in [0.717, 1.165) is 4.47 Å². The first-order valence-corrected chi connectivity index (χ1v) is 8.12. The summed E-state index contributed by atoms with van der Waals surface area (Å²) in [7, 11) is 0. The number of urea groups is 1. The maximum atomic E-state index is 11.8. The molecule has 0 fully saturated rings. The number of aliphatic carboxylic acids is 1. The molecule has 0 bridgehead atoms. The highest BCUT2D eigenvalue weighted by Crippen LogP contribution is 2.34. The van der Waals surface area contributed by atoms with Crippen LogP contribution >= 0.6 is 47.8 Å². The molecule has 21 heavy (non-hydrogen) atoms. The van der Waals surface area contributed by atoms with Crippen molar-refractivity contribution in [2.24, 2.45) is 0 Å². The predicted octanol–water partition coefficient (Wildman–Crippen LogP) is 3.32. The van der Waals surface area contributed by atoms with E-state index in [1.54, 1.807) is 12.1 Å². The van der Waals surface area contributed by atoms with Crippen molar-refractivity contribution >= 4 is 65.5 Å². The number of halogens is 3. The zero-order valence-corrected chi connectivity index (χ0v) is 15.7. The molecular formula is C12H13Br3N2O4. The van der Waals surface area contributed by atoms with Crippen molar-refractivity contribution in [3.8, 4) is 0 Å². The van der Waals surface area contributed by atoms with Gasteiger partial charge in [0.05, 0.1) is 17.7 Å². The highest BCUT2D eigenvalue weighted by Gasteiger charge is 2.25. The van der Waals surface area contributed by atoms with Crippen LogP contribution in [-0.4, -0.2) is 34.4 Å². The lowest BCUT2D eigenvalue weighted by Crippen LogP contribution is -2.43. The van der Waals surface area contributed by atoms with Gasteiger partial charge in [-0.15, -0.1) is 0 Å². The van der Waals surface area contributed by atoms with Gasteiger partial charge in [0.2, 0.25) is 0 Å². The number of carbonyl (C=O) groups excluding carboxylic acids is 1. The Morgan fingerprint density at radius 1 is 1.24 bits per heavy atom. The first-order valence-electron chi connectivity index (χ1n) is 5.74. The molecule has 0 radical (unpaired) electrons. The summed E-state index contributed by atoms with van der Waals surface area (Å²) in [4.78, 5) is 22.4. The maximum Gasteiger partial charge on any atom is 0.319 e. The monoisotopic (exact) mass is 486 g/mol. The third-order valence-electron chi connectivity index (χ3n) is 2.41. The van der Waals surface area contributed by atoms with Crippen LogP contribution in [-0.2, 0) is 4.79 Å². The van der Waals surface area contributed by atoms with Crippen LogP contribution in [0.15, 0.2) is 25.6 Å². The second-order valence-electron chi connectivity index (χ2n) is 4.62. The summed E-state index contributed by atoms with van der Waals surface area (Å²) in [6, 6.07) is 2.98. The summed E-state index contributed by atoms with van der Waals surface area (Å²) in [6.45, 7) is 1.16. The van der Waals surface area contributed by atoms with Gasteiger partial charge in [-0.1, -0.05) is 15.9 Å². The number of amides is 2. The van der Waals surface area contributed by atoms with Gasteiger partial charge in [-0.25, -0.2) is 4.79 Å². The number of hydrogen-bond acceptors (Lipinski definition) is 3. The molecular weight excluding hydrogens is 476 g/mol. The zero-order chi connectivity index (χ0) is 16.2. The fourth-order valence-corrected chi connectivity index (χ4v) is 3.94. The lowest BCUT2D eigenvalue weighted by atomic mass is 10.0. The molecule has 1 unspecified atom stereocenters. The Balaban J connectivity index is 2.65. The molecule has 1 aromatic rings. The van der Waals surface area contributed by atoms with Crippen LogP contribution in [0.2, 0.25) is 0 Å². The minimum atomic E-state index is -1.52. The Kier molecular flexibility index (Phi) is 6.64. The van der Waals surface area contributed by atoms with Gasteiger partial charge in [0.1, 0.15) is 0 Å². The van der Waals surface area contributed by atoms with E-state index in [1.807, 2.05) is 0 Å². The summed E-state index contributed by atoms with van der Waals surface area (Å²) in [5, 5.41) is 23.5. The van der Waals surface area contributed by atoms with Gasteiger partial charge < -0.3 is 20.8 Å². The number of nitrogens with one attached hydrogen (secondary N) is 2. The van der Waals surface area contributed by atoms with E-state index in [0.29, 0.717) is 14.6 Å². The second-order valence-corrected chi connectivity index (χ2v) is 7.24. The minimum absolute atomic E-state index is 0.184. The average molecular weight is 489 g/mol. The predicted molar refractivity (Wildman–Crippen MR) is 89.4 cm³/mol. The number of carboxylic acids is 1. The quantitative estimate of drug-likeness (QED) is 0.511. The molecule has 0 aliphatic carbocycles. The van der Waals surface area contributed by atoms with Crippen LogP contribution in [0, 0.1) is 0 Å². The summed E-state index contributed by atoms with van der Waals surface area (Å²) >= 11 is 9.96. The molecule has 4 N–H and O–H groups in total. The lowest BCUT2D eigenvalue weighted by Gasteiger charge is -2.21. The molecule has 0 aromatic heterocycles. The largest absolute Gasteiger partial charge is 0.481 e. The molecule has 116 valence electrons. The standard InChI is InChI=1S/C12H13Br3N2O4/c1-12(21,4-9(18)19)5-16-11(20)17-10-7(14)2-6(13)3-8(10)15/h2-3,21H,4-5H2,1H3,(H,18,19)(H2,16,17,20). The molecule has 0 saturated heterocycles. The topological polar surface area (TPSA) is 98.7 Å². The van der Waals surface area contributed by atoms with Crippen molar-refractivity contribution in [1.82, 2.24) is 5.32 Å². The Morgan fingerprint density at radius 3 is 2.24 bits per heavy atom. The molecule has 0 saturated carbocycles. The fraction of sp³-hybridized carbons (Fsp3) is 0.333. The second kappa shape index (κ2) is 7.57. The highest BCUT2D eigenvalue weighted by atomic mass is 79.9. The first kappa shape index (κ1) is 18.4. The molecule has 0 spiro atoms. The Morgan fingerprint density at radius 2 is 1.76 bits per heavy atom. The Bertz CT molecular complexity index is 540. The van der Waals surface area contributed by atoms with Crippen molar-refractivity contribution in [1.29, 1.82) is 0 Å². The lowest BCUT2D eigenvalue weighted by molar-refractivity contribution is -0.141. The molecule has 1 atom stereocenters. The van der Waals surface area contributed by atoms with Gasteiger partial charge in [-0.05, 0) is 50.9 Å². The van der Waals surface area contributed by atoms with E-state index in [9.17, 15) is 14.7 Å². The Hall–Kier alpha value is -0.640. The average Bonchev–Trinajstić information content (AvgIpc) is 2.29. The van der Waals surface area contributed by atoms with Gasteiger partial charge in [0.15, 0.2) is 0 Å². The third kappa shape index (κ3) is 6.33. The molecule has 1 rings (SSSR count). The minimum Gasteiger partial charge on any atom is -0.481 e. The number of benzene rings is 1. The van der Waals surface area contributed by atoms with Crippen molar-refractivity contribution < 1.29 is 19.8 Å². The van der Waals surface area contributed by atoms with E-state index in [1.165, 1.54) is 6.92 Å². The van der Waals surface area contributed by atoms with Crippen LogP contribution in [0.3, 0.4) is 0 Å². The maximum absolute atomic E-state index is 11.8. The number of aliphatic hydroxyl groups is 1. The highest BCUT2D eigenvalue weighted by molar-refractivity contribution is 9.11. The first-order chi connectivity index (χ1) is 9.60. The molecule has 6 nitrogen and oxygen atoms in total. The van der Waals surface area contributed by atoms with Crippen molar-refractivity contribution in [2.45, 2.75) is 18.9 Å². The summed E-state index contributed by atoms with van der Waals surface area (Å²) < 4.78 is 2.16. The van der Waals surface area contributed by atoms with E-state index < -0.39 is 24.0 Å². The van der Waals surface area contributed by atoms with E-state index in [2.05, 4.69) is 58.4 Å². The Labute approximate surface area is 146 Å². The van der Waals surface area contributed by atoms with Crippen molar-refractivity contribution in [3.05, 3.63) is 25.6 Å². The van der Waals surface area contributed by atoms with Gasteiger partial charge in [-0.2, -0.15) is 0 Å². The number of carboxylic acid groups (broad SMARTS) is 1. The number of rotatable bonds is 5. The molecule has 1 aromatic carbocycles.